The van der Waals surface area contributed by atoms with E-state index in [2.05, 4.69) is 10.3 Å². The molecule has 0 saturated heterocycles. The number of nitrogens with one attached hydrogen (secondary N) is 1. The van der Waals surface area contributed by atoms with E-state index in [4.69, 9.17) is 4.74 Å². The molecule has 0 aliphatic heterocycles. The highest BCUT2D eigenvalue weighted by Crippen LogP contribution is 2.25. The van der Waals surface area contributed by atoms with Gasteiger partial charge in [-0.3, -0.25) is 4.79 Å². The largest absolute Gasteiger partial charge is 0.444 e. The van der Waals surface area contributed by atoms with Crippen LogP contribution in [0.25, 0.3) is 0 Å². The SMILES string of the molecule is Cc1nc(NC(=O)CN(C)C(=O)OC(C)(C)C)sc1Cc1ccc(F)cc1. The number of carbonyl (C=O) groups is 2. The summed E-state index contributed by atoms with van der Waals surface area (Å²) in [5, 5.41) is 3.17. The molecule has 2 amide bonds. The van der Waals surface area contributed by atoms with Gasteiger partial charge in [0.25, 0.3) is 0 Å². The van der Waals surface area contributed by atoms with Gasteiger partial charge in [0.15, 0.2) is 5.13 Å². The number of aryl methyl sites for hydroxylation is 1. The third-order valence-corrected chi connectivity index (χ3v) is 4.58. The molecule has 0 atom stereocenters. The first kappa shape index (κ1) is 20.8. The van der Waals surface area contributed by atoms with E-state index in [9.17, 15) is 14.0 Å². The maximum atomic E-state index is 13.0. The minimum Gasteiger partial charge on any atom is -0.444 e. The van der Waals surface area contributed by atoms with Gasteiger partial charge in [0.2, 0.25) is 5.91 Å². The van der Waals surface area contributed by atoms with Crippen LogP contribution in [0.15, 0.2) is 24.3 Å². The zero-order chi connectivity index (χ0) is 20.2. The van der Waals surface area contributed by atoms with Gasteiger partial charge in [-0.1, -0.05) is 12.1 Å². The summed E-state index contributed by atoms with van der Waals surface area (Å²) in [4.78, 5) is 30.6. The van der Waals surface area contributed by atoms with Gasteiger partial charge in [-0.15, -0.1) is 11.3 Å². The highest BCUT2D eigenvalue weighted by Gasteiger charge is 2.21. The predicted octanol–water partition coefficient (Wildman–Crippen LogP) is 3.99. The number of rotatable bonds is 5. The average molecular weight is 393 g/mol. The molecule has 8 heteroatoms. The van der Waals surface area contributed by atoms with E-state index < -0.39 is 11.7 Å². The fourth-order valence-electron chi connectivity index (χ4n) is 2.21. The van der Waals surface area contributed by atoms with E-state index >= 15 is 0 Å². The highest BCUT2D eigenvalue weighted by atomic mass is 32.1. The molecule has 0 fully saturated rings. The lowest BCUT2D eigenvalue weighted by Crippen LogP contribution is -2.38. The first-order valence-corrected chi connectivity index (χ1v) is 9.30. The van der Waals surface area contributed by atoms with Gasteiger partial charge in [0.1, 0.15) is 18.0 Å². The standard InChI is InChI=1S/C19H24FN3O3S/c1-12-15(10-13-6-8-14(20)9-7-13)27-17(21-12)22-16(24)11-23(5)18(25)26-19(2,3)4/h6-9H,10-11H2,1-5H3,(H,21,22,24). The third kappa shape index (κ3) is 6.63. The Morgan fingerprint density at radius 3 is 2.48 bits per heavy atom. The first-order valence-electron chi connectivity index (χ1n) is 8.48. The number of benzene rings is 1. The van der Waals surface area contributed by atoms with Crippen molar-refractivity contribution in [2.24, 2.45) is 0 Å². The average Bonchev–Trinajstić information content (AvgIpc) is 2.87. The Kier molecular flexibility index (Phi) is 6.54. The maximum Gasteiger partial charge on any atom is 0.410 e. The Balaban J connectivity index is 1.94. The number of hydrogen-bond acceptors (Lipinski definition) is 5. The zero-order valence-electron chi connectivity index (χ0n) is 16.1. The molecular weight excluding hydrogens is 369 g/mol. The molecule has 0 aliphatic rings. The van der Waals surface area contributed by atoms with E-state index in [1.54, 1.807) is 32.9 Å². The molecule has 1 aromatic heterocycles. The molecular formula is C19H24FN3O3S. The summed E-state index contributed by atoms with van der Waals surface area (Å²) in [6, 6.07) is 6.28. The molecule has 0 saturated carbocycles. The fraction of sp³-hybridized carbons (Fsp3) is 0.421. The Hall–Kier alpha value is -2.48. The maximum absolute atomic E-state index is 13.0. The van der Waals surface area contributed by atoms with E-state index in [-0.39, 0.29) is 18.3 Å². The lowest BCUT2D eigenvalue weighted by atomic mass is 10.1. The molecule has 0 unspecified atom stereocenters. The molecule has 2 rings (SSSR count). The molecule has 1 N–H and O–H groups in total. The lowest BCUT2D eigenvalue weighted by molar-refractivity contribution is -0.117. The minimum absolute atomic E-state index is 0.138. The highest BCUT2D eigenvalue weighted by molar-refractivity contribution is 7.15. The van der Waals surface area contributed by atoms with Crippen LogP contribution in [0.5, 0.6) is 0 Å². The van der Waals surface area contributed by atoms with Crippen molar-refractivity contribution >= 4 is 28.5 Å². The van der Waals surface area contributed by atoms with Gasteiger partial charge in [-0.25, -0.2) is 14.2 Å². The van der Waals surface area contributed by atoms with Crippen LogP contribution in [0.4, 0.5) is 14.3 Å². The summed E-state index contributed by atoms with van der Waals surface area (Å²) < 4.78 is 18.2. The van der Waals surface area contributed by atoms with Crippen molar-refractivity contribution in [3.8, 4) is 0 Å². The second-order valence-corrected chi connectivity index (χ2v) is 8.30. The van der Waals surface area contributed by atoms with Crippen molar-refractivity contribution in [3.05, 3.63) is 46.2 Å². The van der Waals surface area contributed by atoms with Gasteiger partial charge < -0.3 is 15.0 Å². The van der Waals surface area contributed by atoms with Crippen molar-refractivity contribution < 1.29 is 18.7 Å². The number of aromatic nitrogens is 1. The predicted molar refractivity (Wildman–Crippen MR) is 104 cm³/mol. The summed E-state index contributed by atoms with van der Waals surface area (Å²) in [6.07, 6.45) is 0.0437. The van der Waals surface area contributed by atoms with Crippen molar-refractivity contribution in [2.45, 2.75) is 39.7 Å². The second-order valence-electron chi connectivity index (χ2n) is 7.22. The molecule has 2 aromatic rings. The molecule has 27 heavy (non-hydrogen) atoms. The normalized spacial score (nSPS) is 11.2. The van der Waals surface area contributed by atoms with Crippen LogP contribution in [0, 0.1) is 12.7 Å². The van der Waals surface area contributed by atoms with Crippen molar-refractivity contribution in [2.75, 3.05) is 18.9 Å². The number of likely N-dealkylation sites (N-methyl/N-ethyl adjacent to an activating group) is 1. The molecule has 1 heterocycles. The van der Waals surface area contributed by atoms with Crippen molar-refractivity contribution in [1.82, 2.24) is 9.88 Å². The van der Waals surface area contributed by atoms with Gasteiger partial charge in [-0.2, -0.15) is 0 Å². The Labute approximate surface area is 162 Å². The summed E-state index contributed by atoms with van der Waals surface area (Å²) >= 11 is 1.36. The topological polar surface area (TPSA) is 71.5 Å². The van der Waals surface area contributed by atoms with Gasteiger partial charge in [0.05, 0.1) is 5.69 Å². The van der Waals surface area contributed by atoms with E-state index in [1.807, 2.05) is 6.92 Å². The van der Waals surface area contributed by atoms with Crippen LogP contribution < -0.4 is 5.32 Å². The minimum atomic E-state index is -0.622. The number of thiazole rings is 1. The van der Waals surface area contributed by atoms with Crippen LogP contribution in [-0.2, 0) is 16.0 Å². The first-order chi connectivity index (χ1) is 12.5. The van der Waals surface area contributed by atoms with Crippen LogP contribution in [0.1, 0.15) is 36.9 Å². The van der Waals surface area contributed by atoms with E-state index in [0.29, 0.717) is 11.6 Å². The van der Waals surface area contributed by atoms with E-state index in [1.165, 1.54) is 35.4 Å². The van der Waals surface area contributed by atoms with Gasteiger partial charge in [-0.05, 0) is 45.4 Å². The van der Waals surface area contributed by atoms with Gasteiger partial charge in [0, 0.05) is 18.3 Å². The molecule has 1 aromatic carbocycles. The third-order valence-electron chi connectivity index (χ3n) is 3.50. The van der Waals surface area contributed by atoms with Crippen LogP contribution >= 0.6 is 11.3 Å². The summed E-state index contributed by atoms with van der Waals surface area (Å²) in [7, 11) is 1.50. The molecule has 146 valence electrons. The summed E-state index contributed by atoms with van der Waals surface area (Å²) in [5.74, 6) is -0.632. The van der Waals surface area contributed by atoms with E-state index in [0.717, 1.165) is 16.1 Å². The van der Waals surface area contributed by atoms with Crippen molar-refractivity contribution in [1.29, 1.82) is 0 Å². The molecule has 0 bridgehead atoms. The Morgan fingerprint density at radius 2 is 1.89 bits per heavy atom. The number of amides is 2. The summed E-state index contributed by atoms with van der Waals surface area (Å²) in [5.41, 5.74) is 1.15. The number of anilines is 1. The monoisotopic (exact) mass is 393 g/mol. The lowest BCUT2D eigenvalue weighted by Gasteiger charge is -2.24. The number of carbonyl (C=O) groups excluding carboxylic acids is 2. The second kappa shape index (κ2) is 8.47. The summed E-state index contributed by atoms with van der Waals surface area (Å²) in [6.45, 7) is 7.01. The molecule has 0 spiro atoms. The fourth-order valence-corrected chi connectivity index (χ4v) is 3.22. The smallest absolute Gasteiger partial charge is 0.410 e. The Bertz CT molecular complexity index is 813. The number of nitrogens with zero attached hydrogens (tertiary/aromatic N) is 2. The zero-order valence-corrected chi connectivity index (χ0v) is 16.9. The number of hydrogen-bond donors (Lipinski definition) is 1. The van der Waals surface area contributed by atoms with Gasteiger partial charge >= 0.3 is 6.09 Å². The molecule has 0 aliphatic carbocycles. The van der Waals surface area contributed by atoms with Crippen LogP contribution in [0.3, 0.4) is 0 Å². The quantitative estimate of drug-likeness (QED) is 0.834. The van der Waals surface area contributed by atoms with Crippen LogP contribution in [0.2, 0.25) is 0 Å². The van der Waals surface area contributed by atoms with Crippen molar-refractivity contribution in [3.63, 3.8) is 0 Å². The molecule has 0 radical (unpaired) electrons. The van der Waals surface area contributed by atoms with Crippen LogP contribution in [-0.4, -0.2) is 41.1 Å². The Morgan fingerprint density at radius 1 is 1.26 bits per heavy atom. The molecule has 6 nitrogen and oxygen atoms in total. The number of halogens is 1. The number of ether oxygens (including phenoxy) is 1.